The Bertz CT molecular complexity index is 1140. The van der Waals surface area contributed by atoms with Gasteiger partial charge in [-0.25, -0.2) is 4.98 Å². The van der Waals surface area contributed by atoms with Gasteiger partial charge in [0.25, 0.3) is 11.5 Å². The summed E-state index contributed by atoms with van der Waals surface area (Å²) in [4.78, 5) is 37.1. The van der Waals surface area contributed by atoms with E-state index in [1.54, 1.807) is 21.2 Å². The average molecular weight is 451 g/mol. The van der Waals surface area contributed by atoms with E-state index in [0.717, 1.165) is 35.1 Å². The van der Waals surface area contributed by atoms with Gasteiger partial charge in [-0.3, -0.25) is 19.1 Å². The molecule has 0 unspecified atom stereocenters. The van der Waals surface area contributed by atoms with Crippen molar-refractivity contribution in [2.45, 2.75) is 63.7 Å². The molecule has 0 spiro atoms. The molecule has 6 nitrogen and oxygen atoms in total. The highest BCUT2D eigenvalue weighted by Crippen LogP contribution is 2.21. The van der Waals surface area contributed by atoms with Crippen LogP contribution in [0.25, 0.3) is 10.9 Å². The van der Waals surface area contributed by atoms with Crippen molar-refractivity contribution in [1.29, 1.82) is 0 Å². The standard InChI is InChI=1S/C25H30N4O2S/c1-2-3-4-5-6-9-12-28(18-19-15-20-10-7-8-11-22(20)26-16-19)23(30)21-17-27-25-29(24(21)31)13-14-32-25/h7-8,10-11,15-17H,2-6,9,12-14,18H2,1H3. The van der Waals surface area contributed by atoms with Crippen molar-refractivity contribution in [3.8, 4) is 0 Å². The fourth-order valence-corrected chi connectivity index (χ4v) is 5.01. The highest BCUT2D eigenvalue weighted by molar-refractivity contribution is 7.99. The minimum Gasteiger partial charge on any atom is -0.334 e. The van der Waals surface area contributed by atoms with Crippen molar-refractivity contribution < 1.29 is 4.79 Å². The molecule has 32 heavy (non-hydrogen) atoms. The lowest BCUT2D eigenvalue weighted by molar-refractivity contribution is 0.0736. The van der Waals surface area contributed by atoms with E-state index in [2.05, 4.69) is 23.0 Å². The van der Waals surface area contributed by atoms with Crippen LogP contribution < -0.4 is 5.56 Å². The summed E-state index contributed by atoms with van der Waals surface area (Å²) in [6.45, 7) is 3.87. The molecule has 0 aliphatic carbocycles. The number of hydrogen-bond acceptors (Lipinski definition) is 5. The van der Waals surface area contributed by atoms with Crippen molar-refractivity contribution in [2.75, 3.05) is 12.3 Å². The van der Waals surface area contributed by atoms with Gasteiger partial charge in [0.2, 0.25) is 0 Å². The van der Waals surface area contributed by atoms with Gasteiger partial charge in [0.1, 0.15) is 5.56 Å². The first-order valence-corrected chi connectivity index (χ1v) is 12.5. The van der Waals surface area contributed by atoms with Gasteiger partial charge in [-0.1, -0.05) is 69.0 Å². The third-order valence-corrected chi connectivity index (χ3v) is 6.85. The van der Waals surface area contributed by atoms with Crippen LogP contribution in [0.4, 0.5) is 0 Å². The van der Waals surface area contributed by atoms with Crippen LogP contribution in [0.1, 0.15) is 61.4 Å². The molecule has 7 heteroatoms. The molecule has 168 valence electrons. The lowest BCUT2D eigenvalue weighted by atomic mass is 10.1. The second-order valence-electron chi connectivity index (χ2n) is 8.29. The minimum atomic E-state index is -0.239. The summed E-state index contributed by atoms with van der Waals surface area (Å²) in [6.07, 6.45) is 10.2. The van der Waals surface area contributed by atoms with Gasteiger partial charge >= 0.3 is 0 Å². The van der Waals surface area contributed by atoms with Gasteiger partial charge in [-0.15, -0.1) is 0 Å². The summed E-state index contributed by atoms with van der Waals surface area (Å²) in [5.74, 6) is 0.584. The molecule has 1 aliphatic heterocycles. The molecule has 1 aromatic carbocycles. The quantitative estimate of drug-likeness (QED) is 0.325. The van der Waals surface area contributed by atoms with Crippen LogP contribution in [-0.2, 0) is 13.1 Å². The number of aromatic nitrogens is 3. The largest absolute Gasteiger partial charge is 0.334 e. The van der Waals surface area contributed by atoms with Gasteiger partial charge in [0.15, 0.2) is 5.16 Å². The zero-order chi connectivity index (χ0) is 22.3. The molecule has 0 saturated carbocycles. The Hall–Kier alpha value is -2.67. The van der Waals surface area contributed by atoms with Gasteiger partial charge in [0, 0.05) is 43.2 Å². The summed E-state index contributed by atoms with van der Waals surface area (Å²) >= 11 is 1.56. The lowest BCUT2D eigenvalue weighted by Gasteiger charge is -2.23. The number of thioether (sulfide) groups is 1. The normalized spacial score (nSPS) is 12.8. The first-order valence-electron chi connectivity index (χ1n) is 11.5. The van der Waals surface area contributed by atoms with Crippen LogP contribution in [0.5, 0.6) is 0 Å². The SMILES string of the molecule is CCCCCCCCN(Cc1cnc2ccccc2c1)C(=O)c1cnc2n(c1=O)CCS2. The summed E-state index contributed by atoms with van der Waals surface area (Å²) < 4.78 is 1.62. The smallest absolute Gasteiger partial charge is 0.267 e. The van der Waals surface area contributed by atoms with E-state index >= 15 is 0 Å². The predicted molar refractivity (Wildman–Crippen MR) is 129 cm³/mol. The van der Waals surface area contributed by atoms with Gasteiger partial charge in [0.05, 0.1) is 5.52 Å². The molecule has 0 atom stereocenters. The van der Waals surface area contributed by atoms with Crippen molar-refractivity contribution in [1.82, 2.24) is 19.4 Å². The highest BCUT2D eigenvalue weighted by Gasteiger charge is 2.24. The Morgan fingerprint density at radius 3 is 2.78 bits per heavy atom. The first-order chi connectivity index (χ1) is 15.7. The highest BCUT2D eigenvalue weighted by atomic mass is 32.2. The van der Waals surface area contributed by atoms with Gasteiger partial charge in [-0.05, 0) is 24.1 Å². The van der Waals surface area contributed by atoms with Crippen LogP contribution in [0.15, 0.2) is 52.7 Å². The molecule has 3 heterocycles. The van der Waals surface area contributed by atoms with Crippen molar-refractivity contribution in [2.24, 2.45) is 0 Å². The van der Waals surface area contributed by atoms with E-state index < -0.39 is 0 Å². The molecule has 4 rings (SSSR count). The molecule has 0 fully saturated rings. The zero-order valence-electron chi connectivity index (χ0n) is 18.6. The number of unbranched alkanes of at least 4 members (excludes halogenated alkanes) is 5. The molecule has 0 radical (unpaired) electrons. The number of rotatable bonds is 10. The second kappa shape index (κ2) is 10.8. The van der Waals surface area contributed by atoms with Gasteiger partial charge in [-0.2, -0.15) is 0 Å². The monoisotopic (exact) mass is 450 g/mol. The number of amides is 1. The maximum atomic E-state index is 13.4. The Balaban J connectivity index is 1.54. The summed E-state index contributed by atoms with van der Waals surface area (Å²) in [5, 5.41) is 1.75. The van der Waals surface area contributed by atoms with Gasteiger partial charge < -0.3 is 4.90 Å². The summed E-state index contributed by atoms with van der Waals surface area (Å²) in [7, 11) is 0. The topological polar surface area (TPSA) is 68.1 Å². The number of hydrogen-bond donors (Lipinski definition) is 0. The Kier molecular flexibility index (Phi) is 7.58. The molecule has 1 aliphatic rings. The molecule has 0 saturated heterocycles. The van der Waals surface area contributed by atoms with Crippen LogP contribution in [0.3, 0.4) is 0 Å². The number of para-hydroxylation sites is 1. The Morgan fingerprint density at radius 2 is 1.91 bits per heavy atom. The first kappa shape index (κ1) is 22.5. The van der Waals surface area contributed by atoms with E-state index in [1.807, 2.05) is 30.5 Å². The maximum absolute atomic E-state index is 13.4. The zero-order valence-corrected chi connectivity index (χ0v) is 19.4. The minimum absolute atomic E-state index is 0.163. The number of benzene rings is 1. The predicted octanol–water partition coefficient (Wildman–Crippen LogP) is 4.90. The van der Waals surface area contributed by atoms with E-state index in [0.29, 0.717) is 24.8 Å². The molecule has 0 bridgehead atoms. The van der Waals surface area contributed by atoms with Crippen LogP contribution in [-0.4, -0.2) is 37.6 Å². The molecule has 1 amide bonds. The number of fused-ring (bicyclic) bond motifs is 2. The summed E-state index contributed by atoms with van der Waals surface area (Å²) in [5.41, 5.74) is 1.84. The molecule has 3 aromatic rings. The number of carbonyl (C=O) groups is 1. The summed E-state index contributed by atoms with van der Waals surface area (Å²) in [6, 6.07) is 10.0. The van der Waals surface area contributed by atoms with E-state index in [-0.39, 0.29) is 17.0 Å². The van der Waals surface area contributed by atoms with E-state index in [4.69, 9.17) is 0 Å². The van der Waals surface area contributed by atoms with Crippen molar-refractivity contribution >= 4 is 28.6 Å². The average Bonchev–Trinajstić information content (AvgIpc) is 3.30. The number of nitrogens with zero attached hydrogens (tertiary/aromatic N) is 4. The second-order valence-corrected chi connectivity index (χ2v) is 9.35. The Morgan fingerprint density at radius 1 is 1.09 bits per heavy atom. The maximum Gasteiger partial charge on any atom is 0.267 e. The van der Waals surface area contributed by atoms with Crippen LogP contribution in [0, 0.1) is 0 Å². The third kappa shape index (κ3) is 5.21. The van der Waals surface area contributed by atoms with Crippen LogP contribution >= 0.6 is 11.8 Å². The molecule has 0 N–H and O–H groups in total. The third-order valence-electron chi connectivity index (χ3n) is 5.88. The molecular weight excluding hydrogens is 420 g/mol. The molecule has 2 aromatic heterocycles. The van der Waals surface area contributed by atoms with Crippen LogP contribution in [0.2, 0.25) is 0 Å². The lowest BCUT2D eigenvalue weighted by Crippen LogP contribution is -2.37. The van der Waals surface area contributed by atoms with Crippen molar-refractivity contribution in [3.63, 3.8) is 0 Å². The fraction of sp³-hybridized carbons (Fsp3) is 0.440. The number of pyridine rings is 1. The van der Waals surface area contributed by atoms with E-state index in [1.165, 1.54) is 31.9 Å². The van der Waals surface area contributed by atoms with Crippen molar-refractivity contribution in [3.05, 3.63) is 64.2 Å². The fourth-order valence-electron chi connectivity index (χ4n) is 4.09. The Labute approximate surface area is 193 Å². The number of carbonyl (C=O) groups excluding carboxylic acids is 1. The molecular formula is C25H30N4O2S. The van der Waals surface area contributed by atoms with E-state index in [9.17, 15) is 9.59 Å².